The molecule has 0 radical (unpaired) electrons. The highest BCUT2D eigenvalue weighted by Gasteiger charge is 2.32. The quantitative estimate of drug-likeness (QED) is 0.777. The predicted octanol–water partition coefficient (Wildman–Crippen LogP) is 3.03. The molecule has 0 unspecified atom stereocenters. The Morgan fingerprint density at radius 1 is 1.28 bits per heavy atom. The average molecular weight is 259 g/mol. The molecule has 2 heterocycles. The maximum atomic E-state index is 11.6. The second-order valence-electron chi connectivity index (χ2n) is 4.43. The zero-order valence-electron chi connectivity index (χ0n) is 10.00. The van der Waals surface area contributed by atoms with Gasteiger partial charge in [0.25, 0.3) is 0 Å². The number of thioether (sulfide) groups is 1. The summed E-state index contributed by atoms with van der Waals surface area (Å²) in [5, 5.41) is 1.88. The summed E-state index contributed by atoms with van der Waals surface area (Å²) in [5.41, 5.74) is 0.960. The van der Waals surface area contributed by atoms with Crippen LogP contribution in [0, 0.1) is 0 Å². The van der Waals surface area contributed by atoms with Crippen molar-refractivity contribution in [2.75, 3.05) is 0 Å². The number of hydrogen-bond acceptors (Lipinski definition) is 4. The van der Waals surface area contributed by atoms with E-state index in [-0.39, 0.29) is 17.3 Å². The molecule has 2 atom stereocenters. The van der Waals surface area contributed by atoms with Crippen LogP contribution < -0.4 is 0 Å². The highest BCUT2D eigenvalue weighted by atomic mass is 32.2. The van der Waals surface area contributed by atoms with Crippen molar-refractivity contribution in [2.45, 2.75) is 29.7 Å². The largest absolute Gasteiger partial charge is 0.462 e. The SMILES string of the molecule is C[C@@H]1C[C@@H](Sc2ccc3ccccc3n2)C(=O)O1. The minimum Gasteiger partial charge on any atom is -0.462 e. The van der Waals surface area contributed by atoms with Crippen LogP contribution in [0.3, 0.4) is 0 Å². The molecule has 1 aromatic carbocycles. The number of pyridine rings is 1. The monoisotopic (exact) mass is 259 g/mol. The summed E-state index contributed by atoms with van der Waals surface area (Å²) in [6.45, 7) is 1.92. The second-order valence-corrected chi connectivity index (χ2v) is 5.65. The van der Waals surface area contributed by atoms with Crippen LogP contribution in [0.5, 0.6) is 0 Å². The van der Waals surface area contributed by atoms with Crippen LogP contribution in [-0.4, -0.2) is 22.3 Å². The lowest BCUT2D eigenvalue weighted by atomic mass is 10.2. The predicted molar refractivity (Wildman–Crippen MR) is 71.6 cm³/mol. The van der Waals surface area contributed by atoms with Crippen LogP contribution in [0.25, 0.3) is 10.9 Å². The van der Waals surface area contributed by atoms with E-state index in [4.69, 9.17) is 4.74 Å². The Labute approximate surface area is 110 Å². The smallest absolute Gasteiger partial charge is 0.319 e. The number of carbonyl (C=O) groups is 1. The van der Waals surface area contributed by atoms with Crippen molar-refractivity contribution in [3.05, 3.63) is 36.4 Å². The fourth-order valence-corrected chi connectivity index (χ4v) is 3.18. The third-order valence-electron chi connectivity index (χ3n) is 2.96. The summed E-state index contributed by atoms with van der Waals surface area (Å²) in [6.07, 6.45) is 0.785. The van der Waals surface area contributed by atoms with Crippen molar-refractivity contribution in [3.8, 4) is 0 Å². The van der Waals surface area contributed by atoms with E-state index in [9.17, 15) is 4.79 Å². The van der Waals surface area contributed by atoms with Gasteiger partial charge in [0, 0.05) is 11.8 Å². The van der Waals surface area contributed by atoms with Crippen LogP contribution in [0.1, 0.15) is 13.3 Å². The van der Waals surface area contributed by atoms with Gasteiger partial charge in [-0.05, 0) is 19.1 Å². The standard InChI is InChI=1S/C14H13NO2S/c1-9-8-12(14(16)17-9)18-13-7-6-10-4-2-3-5-11(10)15-13/h2-7,9,12H,8H2,1H3/t9-,12-/m1/s1. The molecule has 3 nitrogen and oxygen atoms in total. The number of fused-ring (bicyclic) bond motifs is 1. The number of nitrogens with zero attached hydrogens (tertiary/aromatic N) is 1. The van der Waals surface area contributed by atoms with E-state index in [0.29, 0.717) is 0 Å². The molecule has 1 aromatic heterocycles. The molecule has 92 valence electrons. The van der Waals surface area contributed by atoms with Gasteiger partial charge in [0.1, 0.15) is 11.4 Å². The molecular weight excluding hydrogens is 246 g/mol. The fourth-order valence-electron chi connectivity index (χ4n) is 2.07. The van der Waals surface area contributed by atoms with Gasteiger partial charge in [-0.15, -0.1) is 0 Å². The first-order chi connectivity index (χ1) is 8.72. The molecule has 0 aliphatic carbocycles. The Bertz CT molecular complexity index is 599. The van der Waals surface area contributed by atoms with Crippen LogP contribution >= 0.6 is 11.8 Å². The number of cyclic esters (lactones) is 1. The lowest BCUT2D eigenvalue weighted by Gasteiger charge is -2.05. The van der Waals surface area contributed by atoms with Gasteiger partial charge in [-0.2, -0.15) is 0 Å². The summed E-state index contributed by atoms with van der Waals surface area (Å²) in [4.78, 5) is 16.1. The van der Waals surface area contributed by atoms with Crippen LogP contribution in [0.4, 0.5) is 0 Å². The van der Waals surface area contributed by atoms with E-state index in [1.54, 1.807) is 0 Å². The maximum absolute atomic E-state index is 11.6. The Morgan fingerprint density at radius 3 is 2.89 bits per heavy atom. The van der Waals surface area contributed by atoms with E-state index in [2.05, 4.69) is 4.98 Å². The minimum atomic E-state index is -0.123. The number of carbonyl (C=O) groups excluding carboxylic acids is 1. The number of hydrogen-bond donors (Lipinski definition) is 0. The molecule has 18 heavy (non-hydrogen) atoms. The van der Waals surface area contributed by atoms with Gasteiger partial charge >= 0.3 is 5.97 Å². The number of para-hydroxylation sites is 1. The summed E-state index contributed by atoms with van der Waals surface area (Å²) in [5.74, 6) is -0.123. The summed E-state index contributed by atoms with van der Waals surface area (Å²) >= 11 is 1.49. The van der Waals surface area contributed by atoms with E-state index >= 15 is 0 Å². The van der Waals surface area contributed by atoms with Gasteiger partial charge in [-0.25, -0.2) is 4.98 Å². The highest BCUT2D eigenvalue weighted by Crippen LogP contribution is 2.31. The molecule has 0 spiro atoms. The molecule has 1 aliphatic heterocycles. The number of esters is 1. The third-order valence-corrected chi connectivity index (χ3v) is 4.10. The molecule has 0 bridgehead atoms. The van der Waals surface area contributed by atoms with Crippen molar-refractivity contribution in [1.29, 1.82) is 0 Å². The van der Waals surface area contributed by atoms with Gasteiger partial charge in [0.2, 0.25) is 0 Å². The zero-order chi connectivity index (χ0) is 12.5. The van der Waals surface area contributed by atoms with E-state index in [1.165, 1.54) is 11.8 Å². The fraction of sp³-hybridized carbons (Fsp3) is 0.286. The Hall–Kier alpha value is -1.55. The number of ether oxygens (including phenoxy) is 1. The molecule has 1 fully saturated rings. The van der Waals surface area contributed by atoms with Gasteiger partial charge < -0.3 is 4.74 Å². The average Bonchev–Trinajstić information content (AvgIpc) is 2.68. The Balaban J connectivity index is 1.84. The summed E-state index contributed by atoms with van der Waals surface area (Å²) in [6, 6.07) is 12.0. The topological polar surface area (TPSA) is 39.2 Å². The van der Waals surface area contributed by atoms with Crippen molar-refractivity contribution < 1.29 is 9.53 Å². The normalized spacial score (nSPS) is 23.3. The lowest BCUT2D eigenvalue weighted by molar-refractivity contribution is -0.140. The van der Waals surface area contributed by atoms with E-state index < -0.39 is 0 Å². The molecule has 4 heteroatoms. The van der Waals surface area contributed by atoms with Gasteiger partial charge in [0.15, 0.2) is 0 Å². The van der Waals surface area contributed by atoms with Crippen molar-refractivity contribution in [1.82, 2.24) is 4.98 Å². The van der Waals surface area contributed by atoms with Crippen LogP contribution in [0.15, 0.2) is 41.4 Å². The number of rotatable bonds is 2. The van der Waals surface area contributed by atoms with E-state index in [0.717, 1.165) is 22.3 Å². The molecule has 1 saturated heterocycles. The third kappa shape index (κ3) is 2.20. The van der Waals surface area contributed by atoms with Gasteiger partial charge in [0.05, 0.1) is 10.5 Å². The van der Waals surface area contributed by atoms with Gasteiger partial charge in [-0.3, -0.25) is 4.79 Å². The Morgan fingerprint density at radius 2 is 2.11 bits per heavy atom. The minimum absolute atomic E-state index is 0.0236. The van der Waals surface area contributed by atoms with Crippen molar-refractivity contribution >= 4 is 28.6 Å². The first-order valence-electron chi connectivity index (χ1n) is 5.95. The first kappa shape index (κ1) is 11.5. The second kappa shape index (κ2) is 4.61. The van der Waals surface area contributed by atoms with Crippen molar-refractivity contribution in [3.63, 3.8) is 0 Å². The zero-order valence-corrected chi connectivity index (χ0v) is 10.8. The maximum Gasteiger partial charge on any atom is 0.319 e. The van der Waals surface area contributed by atoms with Gasteiger partial charge in [-0.1, -0.05) is 36.0 Å². The molecule has 0 saturated carbocycles. The highest BCUT2D eigenvalue weighted by molar-refractivity contribution is 8.00. The number of benzene rings is 1. The van der Waals surface area contributed by atoms with Crippen LogP contribution in [-0.2, 0) is 9.53 Å². The molecular formula is C14H13NO2S. The summed E-state index contributed by atoms with van der Waals surface area (Å²) in [7, 11) is 0. The molecule has 3 rings (SSSR count). The summed E-state index contributed by atoms with van der Waals surface area (Å²) < 4.78 is 5.15. The Kier molecular flexibility index (Phi) is 2.96. The lowest BCUT2D eigenvalue weighted by Crippen LogP contribution is -2.09. The van der Waals surface area contributed by atoms with Crippen molar-refractivity contribution in [2.24, 2.45) is 0 Å². The molecule has 1 aliphatic rings. The molecule has 2 aromatic rings. The number of aromatic nitrogens is 1. The van der Waals surface area contributed by atoms with Crippen LogP contribution in [0.2, 0.25) is 0 Å². The van der Waals surface area contributed by atoms with E-state index in [1.807, 2.05) is 43.3 Å². The molecule has 0 N–H and O–H groups in total. The molecule has 0 amide bonds. The first-order valence-corrected chi connectivity index (χ1v) is 6.83.